The average Bonchev–Trinajstić information content (AvgIpc) is 3.50. The Hall–Kier alpha value is -5.02. The van der Waals surface area contributed by atoms with Gasteiger partial charge in [0.25, 0.3) is 0 Å². The average molecular weight is 604 g/mol. The van der Waals surface area contributed by atoms with Crippen molar-refractivity contribution in [1.29, 1.82) is 0 Å². The monoisotopic (exact) mass is 603 g/mol. The van der Waals surface area contributed by atoms with Crippen LogP contribution in [0, 0.1) is 20.8 Å². The molecule has 5 aromatic rings. The summed E-state index contributed by atoms with van der Waals surface area (Å²) in [5.74, 6) is -1.07. The number of nitrogens with one attached hydrogen (secondary N) is 2. The first-order valence-electron chi connectivity index (χ1n) is 14.5. The van der Waals surface area contributed by atoms with Crippen LogP contribution in [0.1, 0.15) is 57.1 Å². The maximum absolute atomic E-state index is 13.3. The van der Waals surface area contributed by atoms with Crippen LogP contribution in [0.2, 0.25) is 0 Å². The number of hydrogen-bond donors (Lipinski definition) is 3. The molecule has 3 aromatic carbocycles. The van der Waals surface area contributed by atoms with Gasteiger partial charge < -0.3 is 25.2 Å². The molecule has 1 amide bonds. The van der Waals surface area contributed by atoms with Crippen molar-refractivity contribution in [2.24, 2.45) is 0 Å². The molecule has 44 heavy (non-hydrogen) atoms. The molecule has 3 N–H and O–H groups in total. The van der Waals surface area contributed by atoms with Gasteiger partial charge in [-0.1, -0.05) is 48.5 Å². The SMILES string of the molecule is Cc1ccc(C(=O)O)cc1-n1c(C)cc([C@H]2[C@H](c3ccccn3)NC(=S)N2CCC(=O)Nc2cccc3ccccc23)c1C. The smallest absolute Gasteiger partial charge is 0.335 e. The highest BCUT2D eigenvalue weighted by molar-refractivity contribution is 7.80. The third-order valence-corrected chi connectivity index (χ3v) is 8.68. The van der Waals surface area contributed by atoms with Gasteiger partial charge in [-0.2, -0.15) is 0 Å². The maximum Gasteiger partial charge on any atom is 0.335 e. The number of carbonyl (C=O) groups excluding carboxylic acids is 1. The van der Waals surface area contributed by atoms with E-state index in [4.69, 9.17) is 12.2 Å². The number of anilines is 1. The molecule has 6 rings (SSSR count). The van der Waals surface area contributed by atoms with Gasteiger partial charge in [-0.3, -0.25) is 9.78 Å². The fraction of sp³-hybridized carbons (Fsp3) is 0.200. The number of amides is 1. The van der Waals surface area contributed by atoms with Crippen LogP contribution in [0.3, 0.4) is 0 Å². The van der Waals surface area contributed by atoms with E-state index >= 15 is 0 Å². The standard InChI is InChI=1S/C35H33N5O3S/c1-21-14-15-25(34(42)43)20-30(21)40-22(2)19-27(23(40)3)33-32(29-12-6-7-17-36-29)38-35(44)39(33)18-16-31(41)37-28-13-8-10-24-9-4-5-11-26(24)28/h4-15,17,19-20,32-33H,16,18H2,1-3H3,(H,37,41)(H,38,44)(H,42,43)/t32-,33-/m0/s1. The van der Waals surface area contributed by atoms with Crippen molar-refractivity contribution in [3.8, 4) is 5.69 Å². The van der Waals surface area contributed by atoms with Crippen LogP contribution < -0.4 is 10.6 Å². The van der Waals surface area contributed by atoms with Gasteiger partial charge in [-0.05, 0) is 85.9 Å². The molecular weight excluding hydrogens is 570 g/mol. The molecule has 0 radical (unpaired) electrons. The van der Waals surface area contributed by atoms with E-state index in [0.29, 0.717) is 11.7 Å². The number of aromatic carboxylic acids is 1. The number of aromatic nitrogens is 2. The second-order valence-electron chi connectivity index (χ2n) is 11.1. The van der Waals surface area contributed by atoms with Gasteiger partial charge in [0.05, 0.1) is 23.3 Å². The molecule has 9 heteroatoms. The van der Waals surface area contributed by atoms with Crippen LogP contribution in [-0.4, -0.2) is 43.1 Å². The largest absolute Gasteiger partial charge is 0.478 e. The van der Waals surface area contributed by atoms with E-state index in [1.54, 1.807) is 18.3 Å². The summed E-state index contributed by atoms with van der Waals surface area (Å²) in [5, 5.41) is 18.8. The van der Waals surface area contributed by atoms with E-state index in [2.05, 4.69) is 31.2 Å². The topological polar surface area (TPSA) is 99.5 Å². The first kappa shape index (κ1) is 29.1. The minimum Gasteiger partial charge on any atom is -0.478 e. The van der Waals surface area contributed by atoms with Crippen molar-refractivity contribution in [1.82, 2.24) is 19.8 Å². The Balaban J connectivity index is 1.34. The van der Waals surface area contributed by atoms with E-state index in [9.17, 15) is 14.7 Å². The predicted octanol–water partition coefficient (Wildman–Crippen LogP) is 6.65. The molecule has 8 nitrogen and oxygen atoms in total. The van der Waals surface area contributed by atoms with Crippen molar-refractivity contribution < 1.29 is 14.7 Å². The molecular formula is C35H33N5O3S. The number of carboxylic acid groups (broad SMARTS) is 1. The summed E-state index contributed by atoms with van der Waals surface area (Å²) >= 11 is 5.87. The fourth-order valence-corrected chi connectivity index (χ4v) is 6.53. The highest BCUT2D eigenvalue weighted by Gasteiger charge is 2.41. The minimum absolute atomic E-state index is 0.101. The number of hydrogen-bond acceptors (Lipinski definition) is 4. The number of thiocarbonyl (C=S) groups is 1. The van der Waals surface area contributed by atoms with Crippen molar-refractivity contribution in [3.63, 3.8) is 0 Å². The Morgan fingerprint density at radius 3 is 2.52 bits per heavy atom. The Bertz CT molecular complexity index is 1900. The highest BCUT2D eigenvalue weighted by atomic mass is 32.1. The van der Waals surface area contributed by atoms with E-state index in [1.165, 1.54) is 0 Å². The number of benzene rings is 3. The van der Waals surface area contributed by atoms with Crippen LogP contribution in [0.15, 0.2) is 91.1 Å². The van der Waals surface area contributed by atoms with Crippen LogP contribution in [0.4, 0.5) is 5.69 Å². The van der Waals surface area contributed by atoms with E-state index in [0.717, 1.165) is 50.4 Å². The Morgan fingerprint density at radius 2 is 1.75 bits per heavy atom. The molecule has 1 aliphatic heterocycles. The van der Waals surface area contributed by atoms with Crippen LogP contribution in [-0.2, 0) is 4.79 Å². The van der Waals surface area contributed by atoms with E-state index in [1.807, 2.05) is 87.5 Å². The van der Waals surface area contributed by atoms with Crippen LogP contribution in [0.25, 0.3) is 16.5 Å². The number of nitrogens with zero attached hydrogens (tertiary/aromatic N) is 3. The van der Waals surface area contributed by atoms with Crippen molar-refractivity contribution in [2.45, 2.75) is 39.3 Å². The van der Waals surface area contributed by atoms with Crippen molar-refractivity contribution >= 4 is 45.7 Å². The summed E-state index contributed by atoms with van der Waals surface area (Å²) in [6, 6.07) is 26.5. The lowest BCUT2D eigenvalue weighted by Crippen LogP contribution is -2.33. The molecule has 0 aliphatic carbocycles. The molecule has 1 aliphatic rings. The quantitative estimate of drug-likeness (QED) is 0.171. The lowest BCUT2D eigenvalue weighted by Gasteiger charge is -2.28. The van der Waals surface area contributed by atoms with Gasteiger partial charge in [-0.25, -0.2) is 4.79 Å². The Labute approximate surface area is 261 Å². The lowest BCUT2D eigenvalue weighted by molar-refractivity contribution is -0.116. The molecule has 1 fully saturated rings. The lowest BCUT2D eigenvalue weighted by atomic mass is 9.96. The summed E-state index contributed by atoms with van der Waals surface area (Å²) in [6.07, 6.45) is 2.00. The molecule has 1 saturated heterocycles. The van der Waals surface area contributed by atoms with Gasteiger partial charge in [0, 0.05) is 47.3 Å². The number of fused-ring (bicyclic) bond motifs is 1. The highest BCUT2D eigenvalue weighted by Crippen LogP contribution is 2.41. The first-order valence-corrected chi connectivity index (χ1v) is 14.9. The number of carbonyl (C=O) groups is 2. The summed E-state index contributed by atoms with van der Waals surface area (Å²) in [4.78, 5) is 31.8. The molecule has 3 heterocycles. The normalized spacial score (nSPS) is 16.2. The summed E-state index contributed by atoms with van der Waals surface area (Å²) in [6.45, 7) is 6.43. The van der Waals surface area contributed by atoms with E-state index in [-0.39, 0.29) is 30.0 Å². The number of carboxylic acids is 1. The van der Waals surface area contributed by atoms with Gasteiger partial charge in [0.15, 0.2) is 5.11 Å². The summed E-state index contributed by atoms with van der Waals surface area (Å²) < 4.78 is 2.10. The third kappa shape index (κ3) is 5.42. The molecule has 0 unspecified atom stereocenters. The number of pyridine rings is 1. The van der Waals surface area contributed by atoms with Crippen LogP contribution >= 0.6 is 12.2 Å². The minimum atomic E-state index is -0.970. The first-order chi connectivity index (χ1) is 21.2. The number of aryl methyl sites for hydroxylation is 2. The number of rotatable bonds is 8. The van der Waals surface area contributed by atoms with Crippen molar-refractivity contribution in [2.75, 3.05) is 11.9 Å². The Kier molecular flexibility index (Phi) is 7.88. The maximum atomic E-state index is 13.3. The van der Waals surface area contributed by atoms with Crippen LogP contribution in [0.5, 0.6) is 0 Å². The Morgan fingerprint density at radius 1 is 0.977 bits per heavy atom. The van der Waals surface area contributed by atoms with Crippen molar-refractivity contribution in [3.05, 3.63) is 125 Å². The van der Waals surface area contributed by atoms with Gasteiger partial charge in [-0.15, -0.1) is 0 Å². The van der Waals surface area contributed by atoms with Gasteiger partial charge in [0.2, 0.25) is 5.91 Å². The predicted molar refractivity (Wildman–Crippen MR) is 176 cm³/mol. The molecule has 0 saturated carbocycles. The van der Waals surface area contributed by atoms with Gasteiger partial charge >= 0.3 is 5.97 Å². The molecule has 2 aromatic heterocycles. The third-order valence-electron chi connectivity index (χ3n) is 8.33. The zero-order valence-electron chi connectivity index (χ0n) is 24.7. The second-order valence-corrected chi connectivity index (χ2v) is 11.5. The molecule has 222 valence electrons. The zero-order valence-corrected chi connectivity index (χ0v) is 25.6. The van der Waals surface area contributed by atoms with Gasteiger partial charge in [0.1, 0.15) is 0 Å². The summed E-state index contributed by atoms with van der Waals surface area (Å²) in [7, 11) is 0. The second kappa shape index (κ2) is 11.9. The fourth-order valence-electron chi connectivity index (χ4n) is 6.20. The molecule has 2 atom stereocenters. The summed E-state index contributed by atoms with van der Waals surface area (Å²) in [5.41, 5.74) is 6.60. The molecule has 0 bridgehead atoms. The van der Waals surface area contributed by atoms with E-state index < -0.39 is 5.97 Å². The molecule has 0 spiro atoms. The zero-order chi connectivity index (χ0) is 31.0.